The van der Waals surface area contributed by atoms with E-state index in [0.29, 0.717) is 18.7 Å². The summed E-state index contributed by atoms with van der Waals surface area (Å²) in [6.45, 7) is 1.27. The van der Waals surface area contributed by atoms with Gasteiger partial charge in [0.1, 0.15) is 0 Å². The van der Waals surface area contributed by atoms with E-state index >= 15 is 0 Å². The largest absolute Gasteiger partial charge is 0.385 e. The van der Waals surface area contributed by atoms with E-state index in [0.717, 1.165) is 33.9 Å². The summed E-state index contributed by atoms with van der Waals surface area (Å²) in [5, 5.41) is 3.79. The first-order chi connectivity index (χ1) is 12.3. The molecule has 3 rings (SSSR count). The Labute approximate surface area is 151 Å². The highest BCUT2D eigenvalue weighted by Crippen LogP contribution is 2.23. The van der Waals surface area contributed by atoms with Crippen molar-refractivity contribution in [3.8, 4) is 0 Å². The first-order valence-corrected chi connectivity index (χ1v) is 9.18. The first kappa shape index (κ1) is 17.5. The summed E-state index contributed by atoms with van der Waals surface area (Å²) in [5.41, 5.74) is 3.85. The molecule has 2 N–H and O–H groups in total. The van der Waals surface area contributed by atoms with E-state index in [-0.39, 0.29) is 5.91 Å². The van der Waals surface area contributed by atoms with Crippen LogP contribution in [0.1, 0.15) is 22.3 Å². The molecule has 1 amide bonds. The summed E-state index contributed by atoms with van der Waals surface area (Å²) in [6, 6.07) is 15.7. The van der Waals surface area contributed by atoms with Gasteiger partial charge in [0.25, 0.3) is 5.91 Å². The van der Waals surface area contributed by atoms with Crippen molar-refractivity contribution in [2.45, 2.75) is 17.3 Å². The third kappa shape index (κ3) is 4.84. The second-order valence-corrected chi connectivity index (χ2v) is 6.61. The Morgan fingerprint density at radius 2 is 2.00 bits per heavy atom. The van der Waals surface area contributed by atoms with Crippen LogP contribution in [-0.4, -0.2) is 36.1 Å². The lowest BCUT2D eigenvalue weighted by Crippen LogP contribution is -2.25. The Morgan fingerprint density at radius 1 is 1.20 bits per heavy atom. The van der Waals surface area contributed by atoms with Crippen LogP contribution in [0.5, 0.6) is 0 Å². The van der Waals surface area contributed by atoms with Crippen molar-refractivity contribution in [2.75, 3.05) is 20.3 Å². The number of thioether (sulfide) groups is 1. The van der Waals surface area contributed by atoms with Crippen LogP contribution in [0.15, 0.2) is 53.7 Å². The van der Waals surface area contributed by atoms with E-state index < -0.39 is 0 Å². The Bertz CT molecular complexity index is 797. The maximum absolute atomic E-state index is 12.0. The molecule has 130 valence electrons. The molecule has 0 radical (unpaired) electrons. The van der Waals surface area contributed by atoms with Crippen LogP contribution in [-0.2, 0) is 10.5 Å². The standard InChI is InChI=1S/C19H21N3O2S/c1-24-12-4-11-20-18(23)15-9-7-14(8-10-15)13-25-19-21-16-5-2-3-6-17(16)22-19/h2-3,5-10H,4,11-13H2,1H3,(H,20,23)(H,21,22). The van der Waals surface area contributed by atoms with Crippen LogP contribution in [0, 0.1) is 0 Å². The van der Waals surface area contributed by atoms with Crippen LogP contribution >= 0.6 is 11.8 Å². The smallest absolute Gasteiger partial charge is 0.251 e. The van der Waals surface area contributed by atoms with Crippen molar-refractivity contribution in [2.24, 2.45) is 0 Å². The Balaban J connectivity index is 1.52. The van der Waals surface area contributed by atoms with Gasteiger partial charge in [-0.2, -0.15) is 0 Å². The van der Waals surface area contributed by atoms with Gasteiger partial charge in [-0.1, -0.05) is 36.0 Å². The summed E-state index contributed by atoms with van der Waals surface area (Å²) in [4.78, 5) is 19.9. The van der Waals surface area contributed by atoms with Crippen LogP contribution < -0.4 is 5.32 Å². The lowest BCUT2D eigenvalue weighted by Gasteiger charge is -2.06. The molecule has 0 atom stereocenters. The molecule has 0 fully saturated rings. The van der Waals surface area contributed by atoms with E-state index in [4.69, 9.17) is 4.74 Å². The molecule has 6 heteroatoms. The molecule has 0 bridgehead atoms. The third-order valence-corrected chi connectivity index (χ3v) is 4.71. The number of hydrogen-bond acceptors (Lipinski definition) is 4. The topological polar surface area (TPSA) is 67.0 Å². The number of nitrogens with one attached hydrogen (secondary N) is 2. The molecule has 0 spiro atoms. The second kappa shape index (κ2) is 8.69. The number of hydrogen-bond donors (Lipinski definition) is 2. The summed E-state index contributed by atoms with van der Waals surface area (Å²) in [6.07, 6.45) is 0.814. The quantitative estimate of drug-likeness (QED) is 0.478. The molecular weight excluding hydrogens is 334 g/mol. The lowest BCUT2D eigenvalue weighted by atomic mass is 10.1. The molecular formula is C19H21N3O2S. The normalized spacial score (nSPS) is 10.9. The average molecular weight is 355 g/mol. The number of para-hydroxylation sites is 2. The van der Waals surface area contributed by atoms with Gasteiger partial charge in [-0.15, -0.1) is 0 Å². The highest BCUT2D eigenvalue weighted by molar-refractivity contribution is 7.98. The number of imidazole rings is 1. The molecule has 0 saturated heterocycles. The Morgan fingerprint density at radius 3 is 2.76 bits per heavy atom. The van der Waals surface area contributed by atoms with Crippen LogP contribution in [0.4, 0.5) is 0 Å². The van der Waals surface area contributed by atoms with E-state index in [1.807, 2.05) is 48.5 Å². The minimum absolute atomic E-state index is 0.0485. The van der Waals surface area contributed by atoms with Crippen LogP contribution in [0.25, 0.3) is 11.0 Å². The van der Waals surface area contributed by atoms with Gasteiger partial charge < -0.3 is 15.0 Å². The van der Waals surface area contributed by atoms with E-state index in [1.54, 1.807) is 18.9 Å². The monoisotopic (exact) mass is 355 g/mol. The lowest BCUT2D eigenvalue weighted by molar-refractivity contribution is 0.0948. The van der Waals surface area contributed by atoms with Crippen molar-refractivity contribution in [1.82, 2.24) is 15.3 Å². The van der Waals surface area contributed by atoms with Crippen molar-refractivity contribution >= 4 is 28.7 Å². The minimum atomic E-state index is -0.0485. The molecule has 3 aromatic rings. The molecule has 25 heavy (non-hydrogen) atoms. The summed E-state index contributed by atoms with van der Waals surface area (Å²) < 4.78 is 4.97. The molecule has 0 saturated carbocycles. The zero-order chi connectivity index (χ0) is 17.5. The highest BCUT2D eigenvalue weighted by atomic mass is 32.2. The number of methoxy groups -OCH3 is 1. The maximum atomic E-state index is 12.0. The van der Waals surface area contributed by atoms with Crippen molar-refractivity contribution in [1.29, 1.82) is 0 Å². The fourth-order valence-electron chi connectivity index (χ4n) is 2.42. The number of fused-ring (bicyclic) bond motifs is 1. The number of benzene rings is 2. The zero-order valence-electron chi connectivity index (χ0n) is 14.1. The molecule has 1 heterocycles. The van der Waals surface area contributed by atoms with Gasteiger partial charge in [0, 0.05) is 31.6 Å². The van der Waals surface area contributed by atoms with Gasteiger partial charge in [-0.3, -0.25) is 4.79 Å². The van der Waals surface area contributed by atoms with E-state index in [9.17, 15) is 4.79 Å². The number of aromatic amines is 1. The minimum Gasteiger partial charge on any atom is -0.385 e. The summed E-state index contributed by atoms with van der Waals surface area (Å²) in [5.74, 6) is 0.753. The van der Waals surface area contributed by atoms with Crippen molar-refractivity contribution in [3.05, 3.63) is 59.7 Å². The number of carbonyl (C=O) groups is 1. The van der Waals surface area contributed by atoms with Crippen LogP contribution in [0.2, 0.25) is 0 Å². The number of H-pyrrole nitrogens is 1. The molecule has 0 aliphatic carbocycles. The number of amides is 1. The maximum Gasteiger partial charge on any atom is 0.251 e. The molecule has 5 nitrogen and oxygen atoms in total. The van der Waals surface area contributed by atoms with Gasteiger partial charge in [0.15, 0.2) is 5.16 Å². The Kier molecular flexibility index (Phi) is 6.09. The predicted octanol–water partition coefficient (Wildman–Crippen LogP) is 3.62. The molecule has 2 aromatic carbocycles. The number of ether oxygens (including phenoxy) is 1. The zero-order valence-corrected chi connectivity index (χ0v) is 14.9. The average Bonchev–Trinajstić information content (AvgIpc) is 3.07. The second-order valence-electron chi connectivity index (χ2n) is 5.65. The molecule has 0 unspecified atom stereocenters. The van der Waals surface area contributed by atoms with Crippen molar-refractivity contribution in [3.63, 3.8) is 0 Å². The molecule has 0 aliphatic heterocycles. The van der Waals surface area contributed by atoms with Crippen LogP contribution in [0.3, 0.4) is 0 Å². The fourth-order valence-corrected chi connectivity index (χ4v) is 3.26. The molecule has 1 aromatic heterocycles. The van der Waals surface area contributed by atoms with Gasteiger partial charge in [-0.25, -0.2) is 4.98 Å². The Hall–Kier alpha value is -2.31. The molecule has 0 aliphatic rings. The number of rotatable bonds is 8. The number of nitrogens with zero attached hydrogens (tertiary/aromatic N) is 1. The van der Waals surface area contributed by atoms with Gasteiger partial charge >= 0.3 is 0 Å². The SMILES string of the molecule is COCCCNC(=O)c1ccc(CSc2nc3ccccc3[nH]2)cc1. The third-order valence-electron chi connectivity index (χ3n) is 3.77. The van der Waals surface area contributed by atoms with E-state index in [2.05, 4.69) is 15.3 Å². The van der Waals surface area contributed by atoms with Gasteiger partial charge in [0.2, 0.25) is 0 Å². The highest BCUT2D eigenvalue weighted by Gasteiger charge is 2.06. The summed E-state index contributed by atoms with van der Waals surface area (Å²) >= 11 is 1.65. The number of aromatic nitrogens is 2. The van der Waals surface area contributed by atoms with Gasteiger partial charge in [-0.05, 0) is 36.2 Å². The first-order valence-electron chi connectivity index (χ1n) is 8.20. The number of carbonyl (C=O) groups excluding carboxylic acids is 1. The fraction of sp³-hybridized carbons (Fsp3) is 0.263. The predicted molar refractivity (Wildman–Crippen MR) is 101 cm³/mol. The van der Waals surface area contributed by atoms with Gasteiger partial charge in [0.05, 0.1) is 11.0 Å². The van der Waals surface area contributed by atoms with E-state index in [1.165, 1.54) is 0 Å². The van der Waals surface area contributed by atoms with Crippen molar-refractivity contribution < 1.29 is 9.53 Å². The summed E-state index contributed by atoms with van der Waals surface area (Å²) in [7, 11) is 1.66.